The molecular formula is C28H26N2O4. The topological polar surface area (TPSA) is 70.5 Å². The van der Waals surface area contributed by atoms with Crippen LogP contribution < -0.4 is 9.47 Å². The maximum atomic E-state index is 12.1. The van der Waals surface area contributed by atoms with Gasteiger partial charge in [0.05, 0.1) is 29.8 Å². The van der Waals surface area contributed by atoms with Crippen molar-refractivity contribution in [2.45, 2.75) is 26.6 Å². The zero-order valence-electron chi connectivity index (χ0n) is 19.4. The van der Waals surface area contributed by atoms with Crippen LogP contribution in [0.25, 0.3) is 23.2 Å². The molecule has 1 aromatic heterocycles. The van der Waals surface area contributed by atoms with Gasteiger partial charge in [-0.2, -0.15) is 0 Å². The van der Waals surface area contributed by atoms with E-state index in [4.69, 9.17) is 19.2 Å². The van der Waals surface area contributed by atoms with Gasteiger partial charge in [0.15, 0.2) is 0 Å². The van der Waals surface area contributed by atoms with Crippen LogP contribution in [0.4, 0.5) is 0 Å². The molecule has 4 aromatic rings. The molecule has 3 aromatic carbocycles. The fourth-order valence-corrected chi connectivity index (χ4v) is 3.27. The highest BCUT2D eigenvalue weighted by atomic mass is 16.5. The van der Waals surface area contributed by atoms with E-state index in [1.165, 1.54) is 0 Å². The summed E-state index contributed by atoms with van der Waals surface area (Å²) in [6, 6.07) is 22.6. The molecule has 0 aliphatic heterocycles. The van der Waals surface area contributed by atoms with E-state index in [9.17, 15) is 4.79 Å². The van der Waals surface area contributed by atoms with Gasteiger partial charge >= 0.3 is 5.97 Å². The number of esters is 1. The Morgan fingerprint density at radius 1 is 0.882 bits per heavy atom. The second-order valence-electron chi connectivity index (χ2n) is 7.95. The normalized spacial score (nSPS) is 11.2. The number of ether oxygens (including phenoxy) is 3. The summed E-state index contributed by atoms with van der Waals surface area (Å²) in [6.45, 7) is 3.94. The summed E-state index contributed by atoms with van der Waals surface area (Å²) in [5.41, 5.74) is 4.59. The number of carbonyl (C=O) groups is 1. The van der Waals surface area contributed by atoms with Crippen LogP contribution in [0.1, 0.15) is 41.0 Å². The molecule has 0 aliphatic rings. The van der Waals surface area contributed by atoms with Crippen molar-refractivity contribution in [3.8, 4) is 11.6 Å². The highest BCUT2D eigenvalue weighted by Crippen LogP contribution is 2.23. The van der Waals surface area contributed by atoms with Gasteiger partial charge < -0.3 is 14.2 Å². The second-order valence-corrected chi connectivity index (χ2v) is 7.95. The Morgan fingerprint density at radius 3 is 2.21 bits per heavy atom. The molecule has 0 atom stereocenters. The molecule has 0 fully saturated rings. The van der Waals surface area contributed by atoms with Gasteiger partial charge in [0.1, 0.15) is 18.1 Å². The van der Waals surface area contributed by atoms with Crippen LogP contribution in [0, 0.1) is 0 Å². The molecule has 172 valence electrons. The number of benzene rings is 3. The summed E-state index contributed by atoms with van der Waals surface area (Å²) in [6.07, 6.45) is 3.69. The fraction of sp³-hybridized carbons (Fsp3) is 0.179. The third-order valence-electron chi connectivity index (χ3n) is 5.02. The molecule has 1 heterocycles. The van der Waals surface area contributed by atoms with Crippen molar-refractivity contribution in [1.82, 2.24) is 9.97 Å². The summed E-state index contributed by atoms with van der Waals surface area (Å²) < 4.78 is 16.5. The predicted molar refractivity (Wildman–Crippen MR) is 133 cm³/mol. The smallest absolute Gasteiger partial charge is 0.338 e. The summed E-state index contributed by atoms with van der Waals surface area (Å²) >= 11 is 0. The number of aromatic nitrogens is 2. The first kappa shape index (κ1) is 23.0. The van der Waals surface area contributed by atoms with E-state index in [2.05, 4.69) is 4.98 Å². The molecule has 0 amide bonds. The molecule has 6 nitrogen and oxygen atoms in total. The van der Waals surface area contributed by atoms with E-state index >= 15 is 0 Å². The maximum Gasteiger partial charge on any atom is 0.338 e. The molecule has 0 N–H and O–H groups in total. The van der Waals surface area contributed by atoms with E-state index in [1.807, 2.05) is 86.7 Å². The second kappa shape index (κ2) is 10.6. The van der Waals surface area contributed by atoms with Crippen molar-refractivity contribution in [2.24, 2.45) is 0 Å². The van der Waals surface area contributed by atoms with Crippen molar-refractivity contribution in [3.63, 3.8) is 0 Å². The minimum Gasteiger partial charge on any atom is -0.497 e. The first-order chi connectivity index (χ1) is 16.5. The number of methoxy groups -OCH3 is 1. The molecule has 34 heavy (non-hydrogen) atoms. The van der Waals surface area contributed by atoms with Gasteiger partial charge in [-0.25, -0.2) is 14.8 Å². The van der Waals surface area contributed by atoms with Gasteiger partial charge in [0.25, 0.3) is 0 Å². The molecule has 0 unspecified atom stereocenters. The van der Waals surface area contributed by atoms with Crippen molar-refractivity contribution in [3.05, 3.63) is 95.2 Å². The summed E-state index contributed by atoms with van der Waals surface area (Å²) in [5.74, 6) is 0.899. The lowest BCUT2D eigenvalue weighted by molar-refractivity contribution is 0.0378. The lowest BCUT2D eigenvalue weighted by atomic mass is 10.1. The minimum atomic E-state index is -0.339. The Labute approximate surface area is 198 Å². The lowest BCUT2D eigenvalue weighted by Crippen LogP contribution is -2.11. The van der Waals surface area contributed by atoms with E-state index in [1.54, 1.807) is 19.2 Å². The monoisotopic (exact) mass is 454 g/mol. The number of para-hydroxylation sites is 2. The highest BCUT2D eigenvalue weighted by Gasteiger charge is 2.11. The average molecular weight is 455 g/mol. The standard InChI is InChI=1S/C28H26N2O4/c1-19(2)34-28(31)22-13-8-21(9-14-22)18-33-27-26(29-24-6-4-5-7-25(24)30-27)17-12-20-10-15-23(32-3)16-11-20/h4-17,19H,18H2,1-3H3. The molecule has 0 radical (unpaired) electrons. The molecule has 0 bridgehead atoms. The Kier molecular flexibility index (Phi) is 7.18. The number of fused-ring (bicyclic) bond motifs is 1. The number of hydrogen-bond donors (Lipinski definition) is 0. The largest absolute Gasteiger partial charge is 0.497 e. The summed E-state index contributed by atoms with van der Waals surface area (Å²) in [7, 11) is 1.64. The molecule has 0 saturated carbocycles. The van der Waals surface area contributed by atoms with E-state index in [-0.39, 0.29) is 18.7 Å². The Balaban J connectivity index is 1.55. The SMILES string of the molecule is COc1ccc(C=Cc2nc3ccccc3nc2OCc2ccc(C(=O)OC(C)C)cc2)cc1. The van der Waals surface area contributed by atoms with E-state index in [0.717, 1.165) is 27.9 Å². The number of hydrogen-bond acceptors (Lipinski definition) is 6. The van der Waals surface area contributed by atoms with Gasteiger partial charge in [-0.3, -0.25) is 0 Å². The van der Waals surface area contributed by atoms with E-state index < -0.39 is 0 Å². The van der Waals surface area contributed by atoms with Crippen LogP contribution in [-0.4, -0.2) is 29.2 Å². The molecular weight excluding hydrogens is 428 g/mol. The van der Waals surface area contributed by atoms with Crippen molar-refractivity contribution >= 4 is 29.2 Å². The van der Waals surface area contributed by atoms with Crippen LogP contribution in [0.3, 0.4) is 0 Å². The number of rotatable bonds is 8. The van der Waals surface area contributed by atoms with Crippen LogP contribution >= 0.6 is 0 Å². The van der Waals surface area contributed by atoms with Crippen LogP contribution in [-0.2, 0) is 11.3 Å². The summed E-state index contributed by atoms with van der Waals surface area (Å²) in [5, 5.41) is 0. The van der Waals surface area contributed by atoms with Gasteiger partial charge in [-0.05, 0) is 67.4 Å². The first-order valence-corrected chi connectivity index (χ1v) is 11.0. The molecule has 0 saturated heterocycles. The van der Waals surface area contributed by atoms with Crippen LogP contribution in [0.2, 0.25) is 0 Å². The van der Waals surface area contributed by atoms with Crippen molar-refractivity contribution in [1.29, 1.82) is 0 Å². The lowest BCUT2D eigenvalue weighted by Gasteiger charge is -2.11. The molecule has 6 heteroatoms. The van der Waals surface area contributed by atoms with Gasteiger partial charge in [-0.15, -0.1) is 0 Å². The molecule has 0 aliphatic carbocycles. The minimum absolute atomic E-state index is 0.161. The number of carbonyl (C=O) groups excluding carboxylic acids is 1. The summed E-state index contributed by atoms with van der Waals surface area (Å²) in [4.78, 5) is 21.5. The van der Waals surface area contributed by atoms with Crippen LogP contribution in [0.15, 0.2) is 72.8 Å². The Bertz CT molecular complexity index is 1300. The average Bonchev–Trinajstić information content (AvgIpc) is 2.86. The zero-order valence-corrected chi connectivity index (χ0v) is 19.4. The van der Waals surface area contributed by atoms with Gasteiger partial charge in [0.2, 0.25) is 5.88 Å². The fourth-order valence-electron chi connectivity index (χ4n) is 3.27. The Morgan fingerprint density at radius 2 is 1.56 bits per heavy atom. The third kappa shape index (κ3) is 5.78. The quantitative estimate of drug-likeness (QED) is 0.306. The van der Waals surface area contributed by atoms with Crippen LogP contribution in [0.5, 0.6) is 11.6 Å². The Hall–Kier alpha value is -4.19. The first-order valence-electron chi connectivity index (χ1n) is 11.0. The maximum absolute atomic E-state index is 12.1. The number of nitrogens with zero attached hydrogens (tertiary/aromatic N) is 2. The third-order valence-corrected chi connectivity index (χ3v) is 5.02. The van der Waals surface area contributed by atoms with Gasteiger partial charge in [-0.1, -0.05) is 42.5 Å². The van der Waals surface area contributed by atoms with Crippen molar-refractivity contribution < 1.29 is 19.0 Å². The van der Waals surface area contributed by atoms with Crippen molar-refractivity contribution in [2.75, 3.05) is 7.11 Å². The van der Waals surface area contributed by atoms with Gasteiger partial charge in [0, 0.05) is 0 Å². The molecule has 0 spiro atoms. The molecule has 4 rings (SSSR count). The van der Waals surface area contributed by atoms with E-state index in [0.29, 0.717) is 17.1 Å². The predicted octanol–water partition coefficient (Wildman–Crippen LogP) is 5.95. The highest BCUT2D eigenvalue weighted by molar-refractivity contribution is 5.89. The zero-order chi connectivity index (χ0) is 23.9.